The normalized spacial score (nSPS) is 16.4. The molecule has 0 saturated heterocycles. The third kappa shape index (κ3) is 5.15. The fourth-order valence-electron chi connectivity index (χ4n) is 3.54. The van der Waals surface area contributed by atoms with E-state index in [4.69, 9.17) is 9.47 Å². The molecular weight excluding hydrogens is 425 g/mol. The summed E-state index contributed by atoms with van der Waals surface area (Å²) in [6.07, 6.45) is -4.84. The zero-order valence-electron chi connectivity index (χ0n) is 18.2. The molecule has 32 heavy (non-hydrogen) atoms. The van der Waals surface area contributed by atoms with Crippen LogP contribution in [0.25, 0.3) is 0 Å². The first-order valence-corrected chi connectivity index (χ1v) is 10.0. The fourth-order valence-corrected chi connectivity index (χ4v) is 3.54. The van der Waals surface area contributed by atoms with E-state index in [2.05, 4.69) is 5.32 Å². The van der Waals surface area contributed by atoms with Gasteiger partial charge in [0, 0.05) is 17.8 Å². The smallest absolute Gasteiger partial charge is 0.416 e. The molecule has 1 aliphatic rings. The summed E-state index contributed by atoms with van der Waals surface area (Å²) in [6, 6.07) is 9.56. The Labute approximate surface area is 184 Å². The topological polar surface area (TPSA) is 67.9 Å². The average molecular weight is 450 g/mol. The minimum atomic E-state index is -4.48. The number of hydrogen-bond donors (Lipinski definition) is 1. The number of rotatable bonds is 4. The summed E-state index contributed by atoms with van der Waals surface area (Å²) >= 11 is 0. The zero-order chi connectivity index (χ0) is 23.7. The number of nitrogens with zero attached hydrogens (tertiary/aromatic N) is 1. The molecule has 1 aliphatic heterocycles. The molecule has 2 aromatic carbocycles. The van der Waals surface area contributed by atoms with E-state index in [9.17, 15) is 22.8 Å². The van der Waals surface area contributed by atoms with Crippen LogP contribution in [0.4, 0.5) is 29.3 Å². The first-order chi connectivity index (χ1) is 14.9. The van der Waals surface area contributed by atoms with Gasteiger partial charge in [0.1, 0.15) is 11.4 Å². The highest BCUT2D eigenvalue weighted by Crippen LogP contribution is 2.41. The van der Waals surface area contributed by atoms with Gasteiger partial charge in [-0.15, -0.1) is 0 Å². The minimum Gasteiger partial charge on any atom is -0.496 e. The van der Waals surface area contributed by atoms with Gasteiger partial charge in [-0.1, -0.05) is 6.07 Å². The number of hydrogen-bond acceptors (Lipinski definition) is 4. The molecule has 0 saturated carbocycles. The summed E-state index contributed by atoms with van der Waals surface area (Å²) in [5, 5.41) is 2.61. The Morgan fingerprint density at radius 1 is 1.12 bits per heavy atom. The van der Waals surface area contributed by atoms with Gasteiger partial charge in [-0.05, 0) is 63.6 Å². The molecule has 0 bridgehead atoms. The maximum absolute atomic E-state index is 13.3. The molecule has 0 fully saturated rings. The third-order valence-corrected chi connectivity index (χ3v) is 4.93. The number of alkyl halides is 3. The molecular formula is C23H25F3N2O4. The lowest BCUT2D eigenvalue weighted by atomic mass is 9.90. The van der Waals surface area contributed by atoms with Crippen molar-refractivity contribution in [2.75, 3.05) is 18.6 Å². The van der Waals surface area contributed by atoms with Gasteiger partial charge in [0.15, 0.2) is 0 Å². The quantitative estimate of drug-likeness (QED) is 0.706. The van der Waals surface area contributed by atoms with Crippen LogP contribution in [-0.2, 0) is 22.1 Å². The molecule has 2 aromatic rings. The number of anilines is 2. The lowest BCUT2D eigenvalue weighted by Crippen LogP contribution is -2.44. The number of fused-ring (bicyclic) bond motifs is 1. The monoisotopic (exact) mass is 450 g/mol. The Balaban J connectivity index is 1.94. The van der Waals surface area contributed by atoms with Crippen molar-refractivity contribution < 1.29 is 32.2 Å². The van der Waals surface area contributed by atoms with Crippen LogP contribution in [0.1, 0.15) is 31.9 Å². The number of methoxy groups -OCH3 is 1. The van der Waals surface area contributed by atoms with Crippen molar-refractivity contribution in [1.29, 1.82) is 0 Å². The van der Waals surface area contributed by atoms with Crippen LogP contribution in [0, 0.1) is 5.92 Å². The highest BCUT2D eigenvalue weighted by molar-refractivity contribution is 6.05. The summed E-state index contributed by atoms with van der Waals surface area (Å²) in [4.78, 5) is 26.8. The fraction of sp³-hybridized carbons (Fsp3) is 0.391. The largest absolute Gasteiger partial charge is 0.496 e. The van der Waals surface area contributed by atoms with Crippen molar-refractivity contribution in [2.24, 2.45) is 5.92 Å². The van der Waals surface area contributed by atoms with Crippen molar-refractivity contribution >= 4 is 23.4 Å². The van der Waals surface area contributed by atoms with E-state index >= 15 is 0 Å². The maximum atomic E-state index is 13.3. The Morgan fingerprint density at radius 2 is 1.78 bits per heavy atom. The summed E-state index contributed by atoms with van der Waals surface area (Å²) in [6.45, 7) is 5.19. The number of amides is 2. The average Bonchev–Trinajstić information content (AvgIpc) is 2.70. The Hall–Kier alpha value is -3.23. The maximum Gasteiger partial charge on any atom is 0.416 e. The van der Waals surface area contributed by atoms with Crippen molar-refractivity contribution in [3.63, 3.8) is 0 Å². The van der Waals surface area contributed by atoms with Crippen LogP contribution >= 0.6 is 0 Å². The first-order valence-electron chi connectivity index (χ1n) is 10.0. The number of nitrogens with one attached hydrogen (secondary N) is 1. The molecule has 0 aromatic heterocycles. The summed E-state index contributed by atoms with van der Waals surface area (Å²) < 4.78 is 49.6. The molecule has 1 N–H and O–H groups in total. The summed E-state index contributed by atoms with van der Waals surface area (Å²) in [5.41, 5.74) is 0.0511. The van der Waals surface area contributed by atoms with Crippen molar-refractivity contribution in [3.8, 4) is 5.75 Å². The zero-order valence-corrected chi connectivity index (χ0v) is 18.2. The molecule has 9 heteroatoms. The molecule has 0 aliphatic carbocycles. The van der Waals surface area contributed by atoms with Crippen LogP contribution in [-0.4, -0.2) is 31.3 Å². The van der Waals surface area contributed by atoms with Gasteiger partial charge in [-0.3, -0.25) is 9.69 Å². The van der Waals surface area contributed by atoms with Crippen LogP contribution in [0.5, 0.6) is 5.75 Å². The first kappa shape index (κ1) is 23.4. The Morgan fingerprint density at radius 3 is 2.34 bits per heavy atom. The van der Waals surface area contributed by atoms with E-state index in [1.54, 1.807) is 39.0 Å². The van der Waals surface area contributed by atoms with Crippen LogP contribution in [0.15, 0.2) is 42.5 Å². The molecule has 1 unspecified atom stereocenters. The van der Waals surface area contributed by atoms with E-state index in [-0.39, 0.29) is 12.5 Å². The number of carbonyl (C=O) groups is 2. The molecule has 0 spiro atoms. The van der Waals surface area contributed by atoms with Gasteiger partial charge in [-0.2, -0.15) is 13.2 Å². The lowest BCUT2D eigenvalue weighted by molar-refractivity contribution is -0.137. The molecule has 3 rings (SSSR count). The highest BCUT2D eigenvalue weighted by atomic mass is 19.4. The number of alkyl carbamates (subject to hydrolysis) is 1. The van der Waals surface area contributed by atoms with E-state index in [1.807, 2.05) is 0 Å². The predicted octanol–water partition coefficient (Wildman–Crippen LogP) is 5.08. The highest BCUT2D eigenvalue weighted by Gasteiger charge is 2.37. The van der Waals surface area contributed by atoms with Crippen LogP contribution in [0.3, 0.4) is 0 Å². The van der Waals surface area contributed by atoms with Gasteiger partial charge in [0.2, 0.25) is 5.91 Å². The number of carbonyl (C=O) groups excluding carboxylic acids is 2. The second-order valence-corrected chi connectivity index (χ2v) is 8.46. The summed E-state index contributed by atoms with van der Waals surface area (Å²) in [7, 11) is 1.50. The van der Waals surface area contributed by atoms with Gasteiger partial charge in [0.05, 0.1) is 24.3 Å². The van der Waals surface area contributed by atoms with Crippen LogP contribution < -0.4 is 15.0 Å². The molecule has 172 valence electrons. The standard InChI is InChI=1S/C23H25F3N2O4/c1-22(2,3)32-21(30)27-13-14-12-17-18(6-5-7-19(17)31-4)28(20(14)29)16-10-8-15(9-11-16)23(24,25)26/h5-11,14H,12-13H2,1-4H3,(H,27,30). The summed E-state index contributed by atoms with van der Waals surface area (Å²) in [5.74, 6) is -0.454. The minimum absolute atomic E-state index is 0.00235. The Bertz CT molecular complexity index is 998. The number of benzene rings is 2. The predicted molar refractivity (Wildman–Crippen MR) is 113 cm³/mol. The third-order valence-electron chi connectivity index (χ3n) is 4.93. The van der Waals surface area contributed by atoms with Gasteiger partial charge >= 0.3 is 12.3 Å². The second-order valence-electron chi connectivity index (χ2n) is 8.46. The molecule has 1 heterocycles. The van der Waals surface area contributed by atoms with Gasteiger partial charge in [-0.25, -0.2) is 4.79 Å². The van der Waals surface area contributed by atoms with Crippen molar-refractivity contribution in [1.82, 2.24) is 5.32 Å². The second kappa shape index (κ2) is 8.72. The van der Waals surface area contributed by atoms with Gasteiger partial charge in [0.25, 0.3) is 0 Å². The molecule has 2 amide bonds. The van der Waals surface area contributed by atoms with E-state index in [0.29, 0.717) is 23.5 Å². The van der Waals surface area contributed by atoms with E-state index < -0.39 is 29.4 Å². The number of ether oxygens (including phenoxy) is 2. The van der Waals surface area contributed by atoms with Crippen molar-refractivity contribution in [2.45, 2.75) is 39.0 Å². The molecule has 1 atom stereocenters. The van der Waals surface area contributed by atoms with Crippen LogP contribution in [0.2, 0.25) is 0 Å². The van der Waals surface area contributed by atoms with E-state index in [0.717, 1.165) is 17.7 Å². The van der Waals surface area contributed by atoms with Gasteiger partial charge < -0.3 is 14.8 Å². The Kier molecular flexibility index (Phi) is 6.39. The lowest BCUT2D eigenvalue weighted by Gasteiger charge is -2.35. The number of halogens is 3. The molecule has 0 radical (unpaired) electrons. The van der Waals surface area contributed by atoms with Crippen molar-refractivity contribution in [3.05, 3.63) is 53.6 Å². The SMILES string of the molecule is COc1cccc2c1CC(CNC(=O)OC(C)(C)C)C(=O)N2c1ccc(C(F)(F)F)cc1. The van der Waals surface area contributed by atoms with E-state index in [1.165, 1.54) is 24.1 Å². The molecule has 6 nitrogen and oxygen atoms in total.